The van der Waals surface area contributed by atoms with E-state index in [1.807, 2.05) is 18.2 Å². The lowest BCUT2D eigenvalue weighted by Crippen LogP contribution is -2.55. The van der Waals surface area contributed by atoms with Gasteiger partial charge in [-0.05, 0) is 31.0 Å². The minimum Gasteiger partial charge on any atom is -0.370 e. The van der Waals surface area contributed by atoms with Gasteiger partial charge in [-0.3, -0.25) is 0 Å². The van der Waals surface area contributed by atoms with Crippen molar-refractivity contribution >= 4 is 23.2 Å². The summed E-state index contributed by atoms with van der Waals surface area (Å²) in [6.07, 6.45) is 6.43. The SMILES string of the molecule is Clc1ccc(Cl)c(C2CNC3(CCCCC3)CO2)c1. The maximum absolute atomic E-state index is 6.24. The lowest BCUT2D eigenvalue weighted by atomic mass is 9.81. The van der Waals surface area contributed by atoms with Gasteiger partial charge in [-0.2, -0.15) is 0 Å². The number of morpholine rings is 1. The van der Waals surface area contributed by atoms with Crippen molar-refractivity contribution in [2.24, 2.45) is 0 Å². The molecule has 1 N–H and O–H groups in total. The Kier molecular flexibility index (Phi) is 4.04. The van der Waals surface area contributed by atoms with Crippen molar-refractivity contribution in [3.05, 3.63) is 33.8 Å². The first-order chi connectivity index (χ1) is 9.19. The van der Waals surface area contributed by atoms with E-state index in [0.29, 0.717) is 5.02 Å². The van der Waals surface area contributed by atoms with Crippen LogP contribution in [0.15, 0.2) is 18.2 Å². The highest BCUT2D eigenvalue weighted by Crippen LogP contribution is 2.36. The van der Waals surface area contributed by atoms with Crippen molar-refractivity contribution in [1.29, 1.82) is 0 Å². The molecule has 1 aromatic carbocycles. The average molecular weight is 300 g/mol. The van der Waals surface area contributed by atoms with Gasteiger partial charge in [0.15, 0.2) is 0 Å². The van der Waals surface area contributed by atoms with E-state index in [1.54, 1.807) is 0 Å². The number of hydrogen-bond acceptors (Lipinski definition) is 2. The number of nitrogens with one attached hydrogen (secondary N) is 1. The normalized spacial score (nSPS) is 26.5. The van der Waals surface area contributed by atoms with E-state index in [0.717, 1.165) is 23.7 Å². The first-order valence-electron chi connectivity index (χ1n) is 7.00. The summed E-state index contributed by atoms with van der Waals surface area (Å²) < 4.78 is 6.09. The van der Waals surface area contributed by atoms with Crippen molar-refractivity contribution < 1.29 is 4.74 Å². The molecule has 1 aliphatic carbocycles. The molecule has 0 radical (unpaired) electrons. The summed E-state index contributed by atoms with van der Waals surface area (Å²) in [6.45, 7) is 1.60. The Labute approximate surface area is 124 Å². The van der Waals surface area contributed by atoms with Crippen LogP contribution in [0.4, 0.5) is 0 Å². The Balaban J connectivity index is 1.71. The van der Waals surface area contributed by atoms with Gasteiger partial charge in [-0.25, -0.2) is 0 Å². The maximum Gasteiger partial charge on any atom is 0.0965 e. The summed E-state index contributed by atoms with van der Waals surface area (Å²) in [5.74, 6) is 0. The molecule has 1 aliphatic heterocycles. The predicted molar refractivity (Wildman–Crippen MR) is 79.0 cm³/mol. The molecule has 0 aromatic heterocycles. The lowest BCUT2D eigenvalue weighted by Gasteiger charge is -2.44. The standard InChI is InChI=1S/C15H19Cl2NO/c16-11-4-5-13(17)12(8-11)14-9-18-15(10-19-14)6-2-1-3-7-15/h4-5,8,14,18H,1-3,6-7,9-10H2. The number of halogens is 2. The summed E-state index contributed by atoms with van der Waals surface area (Å²) in [5, 5.41) is 5.14. The number of ether oxygens (including phenoxy) is 1. The van der Waals surface area contributed by atoms with Crippen molar-refractivity contribution in [2.75, 3.05) is 13.2 Å². The molecule has 104 valence electrons. The number of hydrogen-bond donors (Lipinski definition) is 1. The smallest absolute Gasteiger partial charge is 0.0965 e. The summed E-state index contributed by atoms with van der Waals surface area (Å²) in [5.41, 5.74) is 1.20. The van der Waals surface area contributed by atoms with Crippen molar-refractivity contribution in [3.8, 4) is 0 Å². The molecule has 2 nitrogen and oxygen atoms in total. The molecule has 19 heavy (non-hydrogen) atoms. The molecule has 1 unspecified atom stereocenters. The third kappa shape index (κ3) is 2.92. The first kappa shape index (κ1) is 13.7. The maximum atomic E-state index is 6.24. The van der Waals surface area contributed by atoms with Crippen LogP contribution in [-0.4, -0.2) is 18.7 Å². The van der Waals surface area contributed by atoms with Gasteiger partial charge in [-0.15, -0.1) is 0 Å². The van der Waals surface area contributed by atoms with Crippen molar-refractivity contribution in [3.63, 3.8) is 0 Å². The molecular weight excluding hydrogens is 281 g/mol. The molecule has 3 rings (SSSR count). The van der Waals surface area contributed by atoms with Crippen molar-refractivity contribution in [1.82, 2.24) is 5.32 Å². The molecule has 1 saturated heterocycles. The molecule has 2 aliphatic rings. The minimum absolute atomic E-state index is 0.0127. The molecule has 1 saturated carbocycles. The average Bonchev–Trinajstić information content (AvgIpc) is 2.44. The fraction of sp³-hybridized carbons (Fsp3) is 0.600. The number of rotatable bonds is 1. The predicted octanol–water partition coefficient (Wildman–Crippen LogP) is 4.36. The van der Waals surface area contributed by atoms with Gasteiger partial charge in [0, 0.05) is 27.7 Å². The molecule has 4 heteroatoms. The topological polar surface area (TPSA) is 21.3 Å². The Morgan fingerprint density at radius 1 is 1.16 bits per heavy atom. The quantitative estimate of drug-likeness (QED) is 0.832. The van der Waals surface area contributed by atoms with Gasteiger partial charge >= 0.3 is 0 Å². The molecule has 0 amide bonds. The Bertz CT molecular complexity index is 447. The zero-order valence-corrected chi connectivity index (χ0v) is 12.4. The third-order valence-corrected chi connectivity index (χ3v) is 4.92. The zero-order chi connectivity index (χ0) is 13.3. The Morgan fingerprint density at radius 3 is 2.63 bits per heavy atom. The van der Waals surface area contributed by atoms with E-state index < -0.39 is 0 Å². The van der Waals surface area contributed by atoms with Gasteiger partial charge in [-0.1, -0.05) is 42.5 Å². The highest BCUT2D eigenvalue weighted by molar-refractivity contribution is 6.33. The zero-order valence-electron chi connectivity index (χ0n) is 10.9. The molecule has 1 spiro atoms. The highest BCUT2D eigenvalue weighted by Gasteiger charge is 2.37. The van der Waals surface area contributed by atoms with Crippen LogP contribution >= 0.6 is 23.2 Å². The fourth-order valence-corrected chi connectivity index (χ4v) is 3.61. The summed E-state index contributed by atoms with van der Waals surface area (Å²) in [7, 11) is 0. The molecular formula is C15H19Cl2NO. The number of benzene rings is 1. The van der Waals surface area contributed by atoms with Gasteiger partial charge in [0.1, 0.15) is 0 Å². The van der Waals surface area contributed by atoms with Gasteiger partial charge in [0.05, 0.1) is 12.7 Å². The lowest BCUT2D eigenvalue weighted by molar-refractivity contribution is -0.0466. The van der Waals surface area contributed by atoms with Crippen LogP contribution in [0.5, 0.6) is 0 Å². The van der Waals surface area contributed by atoms with Crippen LogP contribution in [0, 0.1) is 0 Å². The summed E-state index contributed by atoms with van der Waals surface area (Å²) in [6, 6.07) is 5.56. The van der Waals surface area contributed by atoms with E-state index in [-0.39, 0.29) is 11.6 Å². The van der Waals surface area contributed by atoms with Gasteiger partial charge < -0.3 is 10.1 Å². The van der Waals surface area contributed by atoms with E-state index in [9.17, 15) is 0 Å². The van der Waals surface area contributed by atoms with Crippen LogP contribution in [-0.2, 0) is 4.74 Å². The molecule has 1 aromatic rings. The molecule has 0 bridgehead atoms. The van der Waals surface area contributed by atoms with E-state index in [1.165, 1.54) is 32.1 Å². The second-order valence-electron chi connectivity index (χ2n) is 5.69. The van der Waals surface area contributed by atoms with Crippen LogP contribution in [0.1, 0.15) is 43.8 Å². The Morgan fingerprint density at radius 2 is 1.95 bits per heavy atom. The second-order valence-corrected chi connectivity index (χ2v) is 6.53. The van der Waals surface area contributed by atoms with Gasteiger partial charge in [0.25, 0.3) is 0 Å². The molecule has 1 atom stereocenters. The van der Waals surface area contributed by atoms with E-state index in [4.69, 9.17) is 27.9 Å². The van der Waals surface area contributed by atoms with Crippen LogP contribution in [0.3, 0.4) is 0 Å². The largest absolute Gasteiger partial charge is 0.370 e. The first-order valence-corrected chi connectivity index (χ1v) is 7.76. The molecule has 2 fully saturated rings. The van der Waals surface area contributed by atoms with Gasteiger partial charge in [0.2, 0.25) is 0 Å². The second kappa shape index (κ2) is 5.61. The van der Waals surface area contributed by atoms with Crippen LogP contribution in [0.25, 0.3) is 0 Å². The fourth-order valence-electron chi connectivity index (χ4n) is 3.19. The molecule has 1 heterocycles. The highest BCUT2D eigenvalue weighted by atomic mass is 35.5. The third-order valence-electron chi connectivity index (χ3n) is 4.34. The summed E-state index contributed by atoms with van der Waals surface area (Å²) >= 11 is 12.3. The minimum atomic E-state index is 0.0127. The Hall–Kier alpha value is -0.280. The summed E-state index contributed by atoms with van der Waals surface area (Å²) in [4.78, 5) is 0. The monoisotopic (exact) mass is 299 g/mol. The van der Waals surface area contributed by atoms with E-state index >= 15 is 0 Å². The van der Waals surface area contributed by atoms with Crippen LogP contribution in [0.2, 0.25) is 10.0 Å². The van der Waals surface area contributed by atoms with E-state index in [2.05, 4.69) is 5.32 Å². The van der Waals surface area contributed by atoms with Crippen molar-refractivity contribution in [2.45, 2.75) is 43.7 Å². The van der Waals surface area contributed by atoms with Crippen LogP contribution < -0.4 is 5.32 Å².